The molecule has 0 saturated carbocycles. The number of aromatic nitrogens is 1. The Morgan fingerprint density at radius 3 is 3.00 bits per heavy atom. The van der Waals surface area contributed by atoms with Crippen LogP contribution in [0.25, 0.3) is 0 Å². The van der Waals surface area contributed by atoms with Crippen LogP contribution >= 0.6 is 11.3 Å². The van der Waals surface area contributed by atoms with E-state index in [-0.39, 0.29) is 5.91 Å². The Morgan fingerprint density at radius 1 is 1.61 bits per heavy atom. The molecule has 0 radical (unpaired) electrons. The summed E-state index contributed by atoms with van der Waals surface area (Å²) in [4.78, 5) is 29.0. The summed E-state index contributed by atoms with van der Waals surface area (Å²) < 4.78 is 0. The summed E-state index contributed by atoms with van der Waals surface area (Å²) in [7, 11) is 0. The predicted molar refractivity (Wildman–Crippen MR) is 67.4 cm³/mol. The summed E-state index contributed by atoms with van der Waals surface area (Å²) in [6.45, 7) is 2.17. The maximum absolute atomic E-state index is 12.1. The number of carbonyl (C=O) groups excluding carboxylic acids is 1. The quantitative estimate of drug-likeness (QED) is 0.899. The number of carboxylic acid groups (broad SMARTS) is 1. The molecule has 1 aliphatic rings. The molecule has 2 heterocycles. The summed E-state index contributed by atoms with van der Waals surface area (Å²) in [6, 6.07) is 0. The van der Waals surface area contributed by atoms with Gasteiger partial charge in [-0.25, -0.2) is 9.78 Å². The smallest absolute Gasteiger partial charge is 0.329 e. The molecule has 18 heavy (non-hydrogen) atoms. The lowest BCUT2D eigenvalue weighted by molar-refractivity contribution is -0.155. The van der Waals surface area contributed by atoms with Crippen LogP contribution in [0.15, 0.2) is 10.9 Å². The highest BCUT2D eigenvalue weighted by molar-refractivity contribution is 7.07. The molecule has 2 rings (SSSR count). The van der Waals surface area contributed by atoms with E-state index < -0.39 is 11.5 Å². The minimum Gasteiger partial charge on any atom is -0.480 e. The van der Waals surface area contributed by atoms with Crippen molar-refractivity contribution in [1.82, 2.24) is 9.88 Å². The molecule has 1 fully saturated rings. The molecule has 1 saturated heterocycles. The number of carbonyl (C=O) groups is 2. The second-order valence-electron chi connectivity index (χ2n) is 4.71. The Morgan fingerprint density at radius 2 is 2.39 bits per heavy atom. The predicted octanol–water partition coefficient (Wildman–Crippen LogP) is 1.54. The molecule has 0 aliphatic carbocycles. The van der Waals surface area contributed by atoms with Crippen LogP contribution in [0.3, 0.4) is 0 Å². The molecule has 0 bridgehead atoms. The first-order valence-corrected chi connectivity index (χ1v) is 6.89. The molecule has 1 N–H and O–H groups in total. The largest absolute Gasteiger partial charge is 0.480 e. The Labute approximate surface area is 109 Å². The van der Waals surface area contributed by atoms with Crippen LogP contribution in [0.5, 0.6) is 0 Å². The number of likely N-dealkylation sites (tertiary alicyclic amines) is 1. The summed E-state index contributed by atoms with van der Waals surface area (Å²) in [5, 5.41) is 11.1. The van der Waals surface area contributed by atoms with Crippen LogP contribution in [0.4, 0.5) is 0 Å². The van der Waals surface area contributed by atoms with Crippen molar-refractivity contribution in [3.05, 3.63) is 16.6 Å². The van der Waals surface area contributed by atoms with Gasteiger partial charge in [-0.1, -0.05) is 0 Å². The number of hydrogen-bond donors (Lipinski definition) is 1. The van der Waals surface area contributed by atoms with Crippen molar-refractivity contribution < 1.29 is 14.7 Å². The van der Waals surface area contributed by atoms with Crippen LogP contribution in [0.1, 0.15) is 31.9 Å². The molecule has 1 unspecified atom stereocenters. The number of rotatable bonds is 4. The van der Waals surface area contributed by atoms with Gasteiger partial charge >= 0.3 is 5.97 Å². The van der Waals surface area contributed by atoms with Gasteiger partial charge in [0.2, 0.25) is 5.91 Å². The Balaban J connectivity index is 1.98. The summed E-state index contributed by atoms with van der Waals surface area (Å²) >= 11 is 1.50. The summed E-state index contributed by atoms with van der Waals surface area (Å²) in [6.07, 6.45) is 2.19. The van der Waals surface area contributed by atoms with Crippen molar-refractivity contribution in [2.75, 3.05) is 6.54 Å². The molecule has 1 aliphatic heterocycles. The molecule has 6 heteroatoms. The van der Waals surface area contributed by atoms with Gasteiger partial charge in [-0.3, -0.25) is 4.79 Å². The minimum atomic E-state index is -1.03. The Hall–Kier alpha value is -1.43. The van der Waals surface area contributed by atoms with Gasteiger partial charge in [0.25, 0.3) is 0 Å². The number of nitrogens with zero attached hydrogens (tertiary/aromatic N) is 2. The fraction of sp³-hybridized carbons (Fsp3) is 0.583. The van der Waals surface area contributed by atoms with Gasteiger partial charge in [-0.2, -0.15) is 0 Å². The van der Waals surface area contributed by atoms with Crippen molar-refractivity contribution in [2.24, 2.45) is 0 Å². The lowest BCUT2D eigenvalue weighted by Crippen LogP contribution is -2.50. The fourth-order valence-electron chi connectivity index (χ4n) is 2.32. The van der Waals surface area contributed by atoms with Gasteiger partial charge < -0.3 is 10.0 Å². The summed E-state index contributed by atoms with van der Waals surface area (Å²) in [5.41, 5.74) is 1.60. The lowest BCUT2D eigenvalue weighted by Gasteiger charge is -2.31. The number of amides is 1. The van der Waals surface area contributed by atoms with Crippen LogP contribution in [0, 0.1) is 0 Å². The van der Waals surface area contributed by atoms with E-state index in [9.17, 15) is 14.7 Å². The maximum Gasteiger partial charge on any atom is 0.329 e. The average Bonchev–Trinajstić information content (AvgIpc) is 2.95. The van der Waals surface area contributed by atoms with E-state index in [2.05, 4.69) is 4.98 Å². The van der Waals surface area contributed by atoms with E-state index in [0.29, 0.717) is 25.8 Å². The standard InChI is InChI=1S/C12H16N2O3S/c1-12(11(16)17)5-2-6-14(12)10(15)4-3-9-7-18-8-13-9/h7-8H,2-6H2,1H3,(H,16,17). The first kappa shape index (κ1) is 13.0. The number of carboxylic acids is 1. The molecule has 98 valence electrons. The number of hydrogen-bond acceptors (Lipinski definition) is 4. The molecule has 1 amide bonds. The molecule has 5 nitrogen and oxygen atoms in total. The molecular weight excluding hydrogens is 252 g/mol. The highest BCUT2D eigenvalue weighted by Gasteiger charge is 2.45. The van der Waals surface area contributed by atoms with Gasteiger partial charge in [-0.15, -0.1) is 11.3 Å². The van der Waals surface area contributed by atoms with E-state index in [0.717, 1.165) is 12.1 Å². The van der Waals surface area contributed by atoms with E-state index in [1.807, 2.05) is 5.38 Å². The monoisotopic (exact) mass is 268 g/mol. The average molecular weight is 268 g/mol. The fourth-order valence-corrected chi connectivity index (χ4v) is 2.91. The van der Waals surface area contributed by atoms with E-state index in [1.165, 1.54) is 16.2 Å². The molecule has 1 aromatic heterocycles. The van der Waals surface area contributed by atoms with Crippen molar-refractivity contribution >= 4 is 23.2 Å². The van der Waals surface area contributed by atoms with Gasteiger partial charge in [0.1, 0.15) is 5.54 Å². The second kappa shape index (κ2) is 5.06. The van der Waals surface area contributed by atoms with Gasteiger partial charge in [0.05, 0.1) is 11.2 Å². The van der Waals surface area contributed by atoms with Gasteiger partial charge in [0, 0.05) is 18.3 Å². The SMILES string of the molecule is CC1(C(=O)O)CCCN1C(=O)CCc1cscn1. The minimum absolute atomic E-state index is 0.0922. The van der Waals surface area contributed by atoms with E-state index >= 15 is 0 Å². The molecular formula is C12H16N2O3S. The molecule has 0 spiro atoms. The number of aliphatic carboxylic acids is 1. The normalized spacial score (nSPS) is 23.3. The van der Waals surface area contributed by atoms with Gasteiger partial charge in [-0.05, 0) is 26.2 Å². The summed E-state index contributed by atoms with van der Waals surface area (Å²) in [5.74, 6) is -1.01. The zero-order valence-corrected chi connectivity index (χ0v) is 11.1. The lowest BCUT2D eigenvalue weighted by atomic mass is 9.99. The van der Waals surface area contributed by atoms with Crippen molar-refractivity contribution in [3.63, 3.8) is 0 Å². The third kappa shape index (κ3) is 2.38. The maximum atomic E-state index is 12.1. The highest BCUT2D eigenvalue weighted by Crippen LogP contribution is 2.30. The zero-order valence-electron chi connectivity index (χ0n) is 10.3. The first-order valence-electron chi connectivity index (χ1n) is 5.95. The van der Waals surface area contributed by atoms with Crippen LogP contribution in [-0.2, 0) is 16.0 Å². The topological polar surface area (TPSA) is 70.5 Å². The van der Waals surface area contributed by atoms with Crippen molar-refractivity contribution in [3.8, 4) is 0 Å². The molecule has 1 aromatic rings. The highest BCUT2D eigenvalue weighted by atomic mass is 32.1. The number of thiazole rings is 1. The van der Waals surface area contributed by atoms with Crippen LogP contribution < -0.4 is 0 Å². The van der Waals surface area contributed by atoms with Crippen molar-refractivity contribution in [2.45, 2.75) is 38.1 Å². The third-order valence-electron chi connectivity index (χ3n) is 3.48. The zero-order chi connectivity index (χ0) is 13.2. The second-order valence-corrected chi connectivity index (χ2v) is 5.43. The third-order valence-corrected chi connectivity index (χ3v) is 4.12. The Kier molecular flexibility index (Phi) is 3.65. The van der Waals surface area contributed by atoms with Crippen LogP contribution in [0.2, 0.25) is 0 Å². The van der Waals surface area contributed by atoms with Crippen LogP contribution in [-0.4, -0.2) is 39.0 Å². The van der Waals surface area contributed by atoms with Crippen molar-refractivity contribution in [1.29, 1.82) is 0 Å². The first-order chi connectivity index (χ1) is 8.54. The molecule has 0 aromatic carbocycles. The van der Waals surface area contributed by atoms with E-state index in [4.69, 9.17) is 0 Å². The van der Waals surface area contributed by atoms with Gasteiger partial charge in [0.15, 0.2) is 0 Å². The van der Waals surface area contributed by atoms with E-state index in [1.54, 1.807) is 12.4 Å². The molecule has 1 atom stereocenters. The number of aryl methyl sites for hydroxylation is 1. The Bertz CT molecular complexity index is 446.